The zero-order valence-corrected chi connectivity index (χ0v) is 26.8. The average molecular weight is 597 g/mol. The summed E-state index contributed by atoms with van der Waals surface area (Å²) in [4.78, 5) is 27.4. The SMILES string of the molecule is CCC(C)CO[C@]1(C)[C@H](OC(=O)c2ccccc2)[C@@H](C)[C@@]2(O)[C@@H]([C@@H]3C[C@@]34COC(C)(C)OC4[C@]3(O)C(=O)C=C[C@@H]23)C1(C)C. The first-order chi connectivity index (χ1) is 20.0. The molecule has 1 saturated heterocycles. The molecule has 43 heavy (non-hydrogen) atoms. The van der Waals surface area contributed by atoms with E-state index in [4.69, 9.17) is 18.9 Å². The van der Waals surface area contributed by atoms with Crippen LogP contribution in [0.4, 0.5) is 0 Å². The monoisotopic (exact) mass is 596 g/mol. The van der Waals surface area contributed by atoms with Crippen molar-refractivity contribution in [1.82, 2.24) is 0 Å². The predicted molar refractivity (Wildman–Crippen MR) is 159 cm³/mol. The van der Waals surface area contributed by atoms with Gasteiger partial charge in [0, 0.05) is 28.6 Å². The summed E-state index contributed by atoms with van der Waals surface area (Å²) in [6.07, 6.45) is 2.85. The second-order valence-electron chi connectivity index (χ2n) is 15.3. The average Bonchev–Trinajstić information content (AvgIpc) is 3.58. The number of fused-ring (bicyclic) bond motifs is 5. The molecule has 1 aliphatic heterocycles. The molecule has 2 N–H and O–H groups in total. The molecule has 8 heteroatoms. The van der Waals surface area contributed by atoms with Crippen molar-refractivity contribution in [3.63, 3.8) is 0 Å². The standard InChI is InChI=1S/C35H48O8/c1-9-20(2)18-40-32(8)27(42-28(37)22-13-11-10-12-14-22)21(3)34(38)24-15-16-25(36)35(24,39)29-33(19-41-31(6,7)43-29)17-23(33)26(34)30(32,4)5/h10-16,20-21,23-24,26-27,29,38-39H,9,17-19H2,1-8H3/t20?,21-,23+,24+,26+,27-,29?,32-,33-,34+,35-/m1/s1. The Labute approximate surface area is 255 Å². The summed E-state index contributed by atoms with van der Waals surface area (Å²) < 4.78 is 26.0. The lowest BCUT2D eigenvalue weighted by molar-refractivity contribution is -0.333. The summed E-state index contributed by atoms with van der Waals surface area (Å²) in [6.45, 7) is 16.6. The molecule has 1 aromatic carbocycles. The molecule has 1 heterocycles. The van der Waals surface area contributed by atoms with Crippen LogP contribution in [0.2, 0.25) is 0 Å². The summed E-state index contributed by atoms with van der Waals surface area (Å²) in [6, 6.07) is 8.81. The van der Waals surface area contributed by atoms with Crippen LogP contribution >= 0.6 is 0 Å². The van der Waals surface area contributed by atoms with Crippen LogP contribution in [-0.2, 0) is 23.7 Å². The Morgan fingerprint density at radius 3 is 2.44 bits per heavy atom. The van der Waals surface area contributed by atoms with E-state index in [0.717, 1.165) is 6.42 Å². The first kappa shape index (κ1) is 30.9. The highest BCUT2D eigenvalue weighted by molar-refractivity contribution is 6.01. The maximum absolute atomic E-state index is 13.7. The minimum Gasteiger partial charge on any atom is -0.455 e. The van der Waals surface area contributed by atoms with Gasteiger partial charge in [0.25, 0.3) is 0 Å². The molecule has 1 aromatic rings. The maximum atomic E-state index is 13.7. The molecule has 0 amide bonds. The van der Waals surface area contributed by atoms with Gasteiger partial charge in [-0.15, -0.1) is 0 Å². The van der Waals surface area contributed by atoms with Gasteiger partial charge in [0.2, 0.25) is 0 Å². The number of ether oxygens (including phenoxy) is 4. The zero-order valence-electron chi connectivity index (χ0n) is 26.8. The second-order valence-corrected chi connectivity index (χ2v) is 15.3. The fraction of sp³-hybridized carbons (Fsp3) is 0.714. The summed E-state index contributed by atoms with van der Waals surface area (Å²) in [5.41, 5.74) is -5.68. The van der Waals surface area contributed by atoms with Gasteiger partial charge in [-0.2, -0.15) is 0 Å². The summed E-state index contributed by atoms with van der Waals surface area (Å²) in [7, 11) is 0. The van der Waals surface area contributed by atoms with E-state index in [0.29, 0.717) is 25.2 Å². The Kier molecular flexibility index (Phi) is 6.97. The number of esters is 1. The van der Waals surface area contributed by atoms with E-state index in [1.807, 2.05) is 19.9 Å². The number of aliphatic hydroxyl groups is 2. The van der Waals surface area contributed by atoms with Gasteiger partial charge in [-0.25, -0.2) is 4.79 Å². The summed E-state index contributed by atoms with van der Waals surface area (Å²) in [5.74, 6) is -3.96. The van der Waals surface area contributed by atoms with E-state index in [1.54, 1.807) is 44.2 Å². The number of carbonyl (C=O) groups is 2. The van der Waals surface area contributed by atoms with Crippen molar-refractivity contribution in [1.29, 1.82) is 0 Å². The molecule has 1 spiro atoms. The van der Waals surface area contributed by atoms with Crippen LogP contribution in [0.5, 0.6) is 0 Å². The molecular formula is C35H48O8. The predicted octanol–water partition coefficient (Wildman–Crippen LogP) is 4.71. The van der Waals surface area contributed by atoms with Gasteiger partial charge in [-0.05, 0) is 57.2 Å². The minimum absolute atomic E-state index is 0.121. The van der Waals surface area contributed by atoms with Crippen molar-refractivity contribution < 1.29 is 38.7 Å². The highest BCUT2D eigenvalue weighted by Gasteiger charge is 2.85. The molecule has 0 aromatic heterocycles. The smallest absolute Gasteiger partial charge is 0.338 e. The molecule has 0 radical (unpaired) electrons. The Balaban J connectivity index is 1.52. The number of benzene rings is 1. The van der Waals surface area contributed by atoms with E-state index < -0.39 is 75.1 Å². The Hall–Kier alpha value is -2.10. The lowest BCUT2D eigenvalue weighted by atomic mass is 9.46. The molecule has 8 nitrogen and oxygen atoms in total. The van der Waals surface area contributed by atoms with Crippen molar-refractivity contribution in [2.45, 2.75) is 103 Å². The number of hydrogen-bond donors (Lipinski definition) is 2. The highest BCUT2D eigenvalue weighted by atomic mass is 16.7. The fourth-order valence-electron chi connectivity index (χ4n) is 9.26. The molecule has 0 bridgehead atoms. The van der Waals surface area contributed by atoms with Crippen molar-refractivity contribution in [2.75, 3.05) is 13.2 Å². The van der Waals surface area contributed by atoms with Gasteiger partial charge in [0.15, 0.2) is 17.2 Å². The molecular weight excluding hydrogens is 548 g/mol. The topological polar surface area (TPSA) is 112 Å². The van der Waals surface area contributed by atoms with Crippen LogP contribution < -0.4 is 0 Å². The van der Waals surface area contributed by atoms with Gasteiger partial charge in [-0.3, -0.25) is 4.79 Å². The van der Waals surface area contributed by atoms with Gasteiger partial charge >= 0.3 is 5.97 Å². The quantitative estimate of drug-likeness (QED) is 0.454. The lowest BCUT2D eigenvalue weighted by Crippen LogP contribution is -2.76. The van der Waals surface area contributed by atoms with Crippen LogP contribution in [0.3, 0.4) is 0 Å². The minimum atomic E-state index is -2.00. The van der Waals surface area contributed by atoms with Crippen molar-refractivity contribution in [3.8, 4) is 0 Å². The maximum Gasteiger partial charge on any atom is 0.338 e. The highest BCUT2D eigenvalue weighted by Crippen LogP contribution is 2.76. The van der Waals surface area contributed by atoms with Crippen LogP contribution in [0, 0.1) is 40.4 Å². The van der Waals surface area contributed by atoms with E-state index >= 15 is 0 Å². The molecule has 4 fully saturated rings. The number of carbonyl (C=O) groups excluding carboxylic acids is 2. The van der Waals surface area contributed by atoms with E-state index in [1.165, 1.54) is 6.08 Å². The Morgan fingerprint density at radius 2 is 1.79 bits per heavy atom. The molecule has 5 aliphatic rings. The van der Waals surface area contributed by atoms with Gasteiger partial charge < -0.3 is 29.2 Å². The number of rotatable bonds is 6. The van der Waals surface area contributed by atoms with Crippen LogP contribution in [0.15, 0.2) is 42.5 Å². The molecule has 4 aliphatic carbocycles. The first-order valence-electron chi connectivity index (χ1n) is 15.9. The fourth-order valence-corrected chi connectivity index (χ4v) is 9.26. The van der Waals surface area contributed by atoms with E-state index in [2.05, 4.69) is 27.7 Å². The molecule has 3 saturated carbocycles. The molecule has 11 atom stereocenters. The third kappa shape index (κ3) is 4.05. The third-order valence-corrected chi connectivity index (χ3v) is 12.3. The van der Waals surface area contributed by atoms with Crippen molar-refractivity contribution in [2.24, 2.45) is 40.4 Å². The van der Waals surface area contributed by atoms with Gasteiger partial charge in [-0.1, -0.05) is 65.3 Å². The van der Waals surface area contributed by atoms with Crippen molar-refractivity contribution >= 4 is 11.8 Å². The lowest BCUT2D eigenvalue weighted by Gasteiger charge is -2.65. The largest absolute Gasteiger partial charge is 0.455 e. The summed E-state index contributed by atoms with van der Waals surface area (Å²) >= 11 is 0. The van der Waals surface area contributed by atoms with Crippen LogP contribution in [-0.4, -0.2) is 70.0 Å². The first-order valence-corrected chi connectivity index (χ1v) is 15.9. The third-order valence-electron chi connectivity index (χ3n) is 12.3. The van der Waals surface area contributed by atoms with Crippen LogP contribution in [0.25, 0.3) is 0 Å². The van der Waals surface area contributed by atoms with E-state index in [-0.39, 0.29) is 11.8 Å². The molecule has 2 unspecified atom stereocenters. The molecule has 6 rings (SSSR count). The Morgan fingerprint density at radius 1 is 1.12 bits per heavy atom. The summed E-state index contributed by atoms with van der Waals surface area (Å²) in [5, 5.41) is 25.9. The molecule has 236 valence electrons. The normalized spacial score (nSPS) is 46.0. The van der Waals surface area contributed by atoms with Crippen LogP contribution in [0.1, 0.15) is 78.6 Å². The van der Waals surface area contributed by atoms with E-state index in [9.17, 15) is 19.8 Å². The van der Waals surface area contributed by atoms with Gasteiger partial charge in [0.1, 0.15) is 17.8 Å². The Bertz CT molecular complexity index is 1320. The second kappa shape index (κ2) is 9.70. The zero-order chi connectivity index (χ0) is 31.4. The number of ketones is 1. The number of hydrogen-bond acceptors (Lipinski definition) is 8. The van der Waals surface area contributed by atoms with Gasteiger partial charge in [0.05, 0.1) is 24.4 Å². The van der Waals surface area contributed by atoms with Crippen molar-refractivity contribution in [3.05, 3.63) is 48.0 Å².